The number of carbonyl (C=O) groups is 1. The molecular weight excluding hydrogens is 278 g/mol. The molecule has 6 heteroatoms. The highest BCUT2D eigenvalue weighted by Gasteiger charge is 2.35. The van der Waals surface area contributed by atoms with Crippen LogP contribution >= 0.6 is 0 Å². The molecule has 1 aliphatic carbocycles. The molecule has 4 nitrogen and oxygen atoms in total. The molecule has 116 valence electrons. The van der Waals surface area contributed by atoms with Gasteiger partial charge in [0, 0.05) is 12.1 Å². The van der Waals surface area contributed by atoms with Gasteiger partial charge in [-0.25, -0.2) is 0 Å². The van der Waals surface area contributed by atoms with Crippen molar-refractivity contribution in [1.82, 2.24) is 5.32 Å². The largest absolute Gasteiger partial charge is 0.434 e. The van der Waals surface area contributed by atoms with Gasteiger partial charge in [0.1, 0.15) is 5.75 Å². The number of rotatable bonds is 5. The maximum Gasteiger partial charge on any atom is 0.387 e. The highest BCUT2D eigenvalue weighted by Crippen LogP contribution is 2.26. The van der Waals surface area contributed by atoms with Crippen LogP contribution in [0.2, 0.25) is 0 Å². The Morgan fingerprint density at radius 1 is 1.29 bits per heavy atom. The van der Waals surface area contributed by atoms with E-state index in [-0.39, 0.29) is 18.2 Å². The van der Waals surface area contributed by atoms with Crippen molar-refractivity contribution in [2.45, 2.75) is 50.8 Å². The molecule has 0 heterocycles. The summed E-state index contributed by atoms with van der Waals surface area (Å²) >= 11 is 0. The summed E-state index contributed by atoms with van der Waals surface area (Å²) in [5.74, 6) is -0.156. The van der Waals surface area contributed by atoms with Crippen LogP contribution in [0.3, 0.4) is 0 Å². The first-order valence-electron chi connectivity index (χ1n) is 7.11. The Morgan fingerprint density at radius 3 is 2.62 bits per heavy atom. The van der Waals surface area contributed by atoms with Crippen molar-refractivity contribution in [3.63, 3.8) is 0 Å². The van der Waals surface area contributed by atoms with E-state index >= 15 is 0 Å². The zero-order valence-electron chi connectivity index (χ0n) is 11.8. The van der Waals surface area contributed by atoms with Crippen LogP contribution in [0.5, 0.6) is 5.75 Å². The monoisotopic (exact) mass is 298 g/mol. The molecule has 21 heavy (non-hydrogen) atoms. The molecule has 1 fully saturated rings. The number of alkyl halides is 2. The predicted molar refractivity (Wildman–Crippen MR) is 74.9 cm³/mol. The number of carbonyl (C=O) groups excluding carboxylic acids is 1. The minimum atomic E-state index is -2.89. The first-order valence-corrected chi connectivity index (χ1v) is 7.11. The highest BCUT2D eigenvalue weighted by molar-refractivity contribution is 5.86. The average Bonchev–Trinajstić information content (AvgIpc) is 2.46. The minimum absolute atomic E-state index is 0.0718. The van der Waals surface area contributed by atoms with Crippen molar-refractivity contribution in [3.8, 4) is 5.75 Å². The van der Waals surface area contributed by atoms with E-state index in [1.54, 1.807) is 18.2 Å². The van der Waals surface area contributed by atoms with Crippen molar-refractivity contribution in [2.75, 3.05) is 0 Å². The second-order valence-electron chi connectivity index (χ2n) is 5.39. The number of hydrogen-bond acceptors (Lipinski definition) is 3. The van der Waals surface area contributed by atoms with Crippen molar-refractivity contribution in [2.24, 2.45) is 5.73 Å². The standard InChI is InChI=1S/C15H20F2N2O2/c16-14(17)21-12-7-3-2-6-11(12)10-19-13(20)15(18)8-4-1-5-9-15/h2-3,6-7,14H,1,4-5,8-10,18H2,(H,19,20). The molecule has 2 rings (SSSR count). The number of para-hydroxylation sites is 1. The molecule has 0 spiro atoms. The van der Waals surface area contributed by atoms with Gasteiger partial charge < -0.3 is 15.8 Å². The van der Waals surface area contributed by atoms with Gasteiger partial charge in [0.2, 0.25) is 5.91 Å². The van der Waals surface area contributed by atoms with Gasteiger partial charge in [0.15, 0.2) is 0 Å². The van der Waals surface area contributed by atoms with Crippen LogP contribution in [-0.4, -0.2) is 18.1 Å². The number of benzene rings is 1. The van der Waals surface area contributed by atoms with Crippen molar-refractivity contribution in [3.05, 3.63) is 29.8 Å². The van der Waals surface area contributed by atoms with Gasteiger partial charge in [-0.05, 0) is 18.9 Å². The SMILES string of the molecule is NC1(C(=O)NCc2ccccc2OC(F)F)CCCCC1. The Bertz CT molecular complexity index is 488. The van der Waals surface area contributed by atoms with Crippen LogP contribution in [0.25, 0.3) is 0 Å². The Hall–Kier alpha value is -1.69. The average molecular weight is 298 g/mol. The molecular formula is C15H20F2N2O2. The Labute approximate surface area is 122 Å². The summed E-state index contributed by atoms with van der Waals surface area (Å²) in [5.41, 5.74) is 5.79. The fourth-order valence-corrected chi connectivity index (χ4v) is 2.62. The Kier molecular flexibility index (Phi) is 5.12. The smallest absolute Gasteiger partial charge is 0.387 e. The van der Waals surface area contributed by atoms with Crippen LogP contribution < -0.4 is 15.8 Å². The summed E-state index contributed by atoms with van der Waals surface area (Å²) in [6.07, 6.45) is 4.29. The molecule has 1 aromatic carbocycles. The second kappa shape index (κ2) is 6.85. The van der Waals surface area contributed by atoms with Gasteiger partial charge in [-0.1, -0.05) is 37.5 Å². The Balaban J connectivity index is 1.98. The molecule has 1 saturated carbocycles. The van der Waals surface area contributed by atoms with E-state index in [1.807, 2.05) is 0 Å². The fourth-order valence-electron chi connectivity index (χ4n) is 2.62. The molecule has 0 aliphatic heterocycles. The second-order valence-corrected chi connectivity index (χ2v) is 5.39. The van der Waals surface area contributed by atoms with Gasteiger partial charge in [0.05, 0.1) is 5.54 Å². The van der Waals surface area contributed by atoms with Gasteiger partial charge in [-0.3, -0.25) is 4.79 Å². The number of amides is 1. The van der Waals surface area contributed by atoms with Crippen LogP contribution in [-0.2, 0) is 11.3 Å². The normalized spacial score (nSPS) is 17.5. The lowest BCUT2D eigenvalue weighted by Gasteiger charge is -2.31. The summed E-state index contributed by atoms with van der Waals surface area (Å²) in [6, 6.07) is 6.40. The predicted octanol–water partition coefficient (Wildman–Crippen LogP) is 2.57. The quantitative estimate of drug-likeness (QED) is 0.878. The number of nitrogens with two attached hydrogens (primary N) is 1. The summed E-state index contributed by atoms with van der Waals surface area (Å²) in [6.45, 7) is -2.76. The molecule has 1 amide bonds. The van der Waals surface area contributed by atoms with E-state index in [0.717, 1.165) is 19.3 Å². The highest BCUT2D eigenvalue weighted by atomic mass is 19.3. The zero-order chi connectivity index (χ0) is 15.3. The summed E-state index contributed by atoms with van der Waals surface area (Å²) < 4.78 is 29.1. The molecule has 0 unspecified atom stereocenters. The number of nitrogens with one attached hydrogen (secondary N) is 1. The van der Waals surface area contributed by atoms with Crippen molar-refractivity contribution < 1.29 is 18.3 Å². The van der Waals surface area contributed by atoms with E-state index in [4.69, 9.17) is 5.73 Å². The maximum atomic E-state index is 12.3. The fraction of sp³-hybridized carbons (Fsp3) is 0.533. The summed E-state index contributed by atoms with van der Waals surface area (Å²) in [5, 5.41) is 2.73. The summed E-state index contributed by atoms with van der Waals surface area (Å²) in [7, 11) is 0. The molecule has 1 aliphatic rings. The van der Waals surface area contributed by atoms with E-state index in [1.165, 1.54) is 6.07 Å². The number of hydrogen-bond donors (Lipinski definition) is 2. The topological polar surface area (TPSA) is 64.4 Å². The minimum Gasteiger partial charge on any atom is -0.434 e. The summed E-state index contributed by atoms with van der Waals surface area (Å²) in [4.78, 5) is 12.2. The maximum absolute atomic E-state index is 12.3. The lowest BCUT2D eigenvalue weighted by atomic mass is 9.82. The van der Waals surface area contributed by atoms with Crippen LogP contribution in [0.1, 0.15) is 37.7 Å². The third kappa shape index (κ3) is 4.14. The molecule has 0 radical (unpaired) electrons. The van der Waals surface area contributed by atoms with Gasteiger partial charge in [-0.15, -0.1) is 0 Å². The lowest BCUT2D eigenvalue weighted by Crippen LogP contribution is -2.54. The van der Waals surface area contributed by atoms with Crippen molar-refractivity contribution in [1.29, 1.82) is 0 Å². The molecule has 0 atom stereocenters. The molecule has 0 aromatic heterocycles. The number of ether oxygens (including phenoxy) is 1. The first-order chi connectivity index (χ1) is 10.0. The van der Waals surface area contributed by atoms with Gasteiger partial charge in [0.25, 0.3) is 0 Å². The third-order valence-corrected chi connectivity index (χ3v) is 3.83. The Morgan fingerprint density at radius 2 is 1.95 bits per heavy atom. The number of halogens is 2. The van der Waals surface area contributed by atoms with Gasteiger partial charge >= 0.3 is 6.61 Å². The van der Waals surface area contributed by atoms with Crippen LogP contribution in [0.4, 0.5) is 8.78 Å². The lowest BCUT2D eigenvalue weighted by molar-refractivity contribution is -0.127. The van der Waals surface area contributed by atoms with E-state index < -0.39 is 12.2 Å². The third-order valence-electron chi connectivity index (χ3n) is 3.83. The first kappa shape index (κ1) is 15.7. The van der Waals surface area contributed by atoms with Crippen molar-refractivity contribution >= 4 is 5.91 Å². The molecule has 3 N–H and O–H groups in total. The molecule has 0 bridgehead atoms. The van der Waals surface area contributed by atoms with Crippen LogP contribution in [0.15, 0.2) is 24.3 Å². The molecule has 0 saturated heterocycles. The van der Waals surface area contributed by atoms with Crippen LogP contribution in [0, 0.1) is 0 Å². The van der Waals surface area contributed by atoms with Gasteiger partial charge in [-0.2, -0.15) is 8.78 Å². The zero-order valence-corrected chi connectivity index (χ0v) is 11.8. The van der Waals surface area contributed by atoms with E-state index in [2.05, 4.69) is 10.1 Å². The van der Waals surface area contributed by atoms with E-state index in [9.17, 15) is 13.6 Å². The van der Waals surface area contributed by atoms with E-state index in [0.29, 0.717) is 18.4 Å². The molecule has 1 aromatic rings.